The van der Waals surface area contributed by atoms with Crippen LogP contribution in [0.4, 0.5) is 0 Å². The fraction of sp³-hybridized carbons (Fsp3) is 0.933. The molecule has 0 rings (SSSR count). The van der Waals surface area contributed by atoms with E-state index < -0.39 is 0 Å². The molecule has 0 aromatic carbocycles. The third-order valence-corrected chi connectivity index (χ3v) is 3.20. The van der Waals surface area contributed by atoms with Crippen LogP contribution in [-0.2, 0) is 4.79 Å². The number of carbonyl (C=O) groups is 1. The second kappa shape index (κ2) is 12.7. The second-order valence-corrected chi connectivity index (χ2v) is 4.82. The summed E-state index contributed by atoms with van der Waals surface area (Å²) in [5, 5.41) is 0. The lowest BCUT2D eigenvalue weighted by atomic mass is 10.0. The van der Waals surface area contributed by atoms with Crippen molar-refractivity contribution in [2.24, 2.45) is 0 Å². The summed E-state index contributed by atoms with van der Waals surface area (Å²) in [5.74, 6) is 0.430. The SMILES string of the molecule is CCCCCCCCCCCCC(=O)CC. The van der Waals surface area contributed by atoms with E-state index in [-0.39, 0.29) is 0 Å². The monoisotopic (exact) mass is 226 g/mol. The summed E-state index contributed by atoms with van der Waals surface area (Å²) in [5.41, 5.74) is 0. The molecule has 0 aromatic rings. The molecule has 0 unspecified atom stereocenters. The molecule has 0 fully saturated rings. The van der Waals surface area contributed by atoms with Crippen LogP contribution in [0.2, 0.25) is 0 Å². The van der Waals surface area contributed by atoms with Crippen LogP contribution in [0.5, 0.6) is 0 Å². The van der Waals surface area contributed by atoms with Gasteiger partial charge in [0.1, 0.15) is 5.78 Å². The summed E-state index contributed by atoms with van der Waals surface area (Å²) in [4.78, 5) is 11.0. The molecular weight excluding hydrogens is 196 g/mol. The van der Waals surface area contributed by atoms with E-state index in [0.717, 1.165) is 19.3 Å². The molecular formula is C15H30O. The molecule has 0 N–H and O–H groups in total. The highest BCUT2D eigenvalue weighted by atomic mass is 16.1. The highest BCUT2D eigenvalue weighted by Crippen LogP contribution is 2.11. The number of rotatable bonds is 12. The van der Waals surface area contributed by atoms with Crippen molar-refractivity contribution in [3.8, 4) is 0 Å². The standard InChI is InChI=1S/C15H30O/c1-3-5-6-7-8-9-10-11-12-13-14-15(16)4-2/h3-14H2,1-2H3. The zero-order valence-corrected chi connectivity index (χ0v) is 11.4. The van der Waals surface area contributed by atoms with Crippen LogP contribution in [0, 0.1) is 0 Å². The van der Waals surface area contributed by atoms with E-state index in [1.807, 2.05) is 6.92 Å². The Balaban J connectivity index is 2.96. The zero-order chi connectivity index (χ0) is 12.1. The molecule has 0 atom stereocenters. The molecule has 0 aliphatic rings. The maximum Gasteiger partial charge on any atom is 0.132 e. The number of Topliss-reactive ketones (excluding diaryl/α,β-unsaturated/α-hetero) is 1. The van der Waals surface area contributed by atoms with Gasteiger partial charge in [0, 0.05) is 12.8 Å². The minimum absolute atomic E-state index is 0.430. The molecule has 0 spiro atoms. The first-order valence-corrected chi connectivity index (χ1v) is 7.33. The summed E-state index contributed by atoms with van der Waals surface area (Å²) >= 11 is 0. The zero-order valence-electron chi connectivity index (χ0n) is 11.4. The molecule has 0 aromatic heterocycles. The smallest absolute Gasteiger partial charge is 0.132 e. The van der Waals surface area contributed by atoms with Crippen molar-refractivity contribution in [3.05, 3.63) is 0 Å². The van der Waals surface area contributed by atoms with Gasteiger partial charge in [0.05, 0.1) is 0 Å². The van der Waals surface area contributed by atoms with Gasteiger partial charge in [0.25, 0.3) is 0 Å². The third-order valence-electron chi connectivity index (χ3n) is 3.20. The van der Waals surface area contributed by atoms with Gasteiger partial charge >= 0.3 is 0 Å². The molecule has 0 bridgehead atoms. The van der Waals surface area contributed by atoms with Gasteiger partial charge in [-0.3, -0.25) is 4.79 Å². The Kier molecular flexibility index (Phi) is 12.5. The lowest BCUT2D eigenvalue weighted by Gasteiger charge is -2.01. The van der Waals surface area contributed by atoms with Crippen LogP contribution in [0.25, 0.3) is 0 Å². The molecule has 0 saturated carbocycles. The van der Waals surface area contributed by atoms with E-state index in [1.165, 1.54) is 57.8 Å². The van der Waals surface area contributed by atoms with E-state index in [9.17, 15) is 4.79 Å². The van der Waals surface area contributed by atoms with Gasteiger partial charge in [-0.2, -0.15) is 0 Å². The van der Waals surface area contributed by atoms with Crippen LogP contribution in [0.1, 0.15) is 90.9 Å². The van der Waals surface area contributed by atoms with E-state index in [4.69, 9.17) is 0 Å². The van der Waals surface area contributed by atoms with Crippen LogP contribution in [-0.4, -0.2) is 5.78 Å². The molecule has 96 valence electrons. The van der Waals surface area contributed by atoms with Crippen molar-refractivity contribution < 1.29 is 4.79 Å². The van der Waals surface area contributed by atoms with E-state index in [0.29, 0.717) is 5.78 Å². The number of hydrogen-bond acceptors (Lipinski definition) is 1. The molecule has 16 heavy (non-hydrogen) atoms. The molecule has 0 aliphatic carbocycles. The molecule has 0 saturated heterocycles. The lowest BCUT2D eigenvalue weighted by molar-refractivity contribution is -0.118. The van der Waals surface area contributed by atoms with Crippen LogP contribution < -0.4 is 0 Å². The fourth-order valence-electron chi connectivity index (χ4n) is 1.99. The Bertz CT molecular complexity index is 152. The summed E-state index contributed by atoms with van der Waals surface area (Å²) in [6.45, 7) is 4.22. The maximum atomic E-state index is 11.0. The average molecular weight is 226 g/mol. The van der Waals surface area contributed by atoms with Gasteiger partial charge in [0.2, 0.25) is 0 Å². The first-order valence-electron chi connectivity index (χ1n) is 7.33. The third kappa shape index (κ3) is 11.7. The topological polar surface area (TPSA) is 17.1 Å². The number of hydrogen-bond donors (Lipinski definition) is 0. The van der Waals surface area contributed by atoms with Gasteiger partial charge < -0.3 is 0 Å². The Morgan fingerprint density at radius 1 is 0.688 bits per heavy atom. The first kappa shape index (κ1) is 15.7. The van der Waals surface area contributed by atoms with Crippen molar-refractivity contribution in [3.63, 3.8) is 0 Å². The van der Waals surface area contributed by atoms with Crippen LogP contribution in [0.3, 0.4) is 0 Å². The Morgan fingerprint density at radius 2 is 1.12 bits per heavy atom. The van der Waals surface area contributed by atoms with Gasteiger partial charge in [0.15, 0.2) is 0 Å². The summed E-state index contributed by atoms with van der Waals surface area (Å²) in [6, 6.07) is 0. The van der Waals surface area contributed by atoms with Gasteiger partial charge in [-0.1, -0.05) is 71.6 Å². The summed E-state index contributed by atoms with van der Waals surface area (Å²) in [6.07, 6.45) is 15.0. The minimum atomic E-state index is 0.430. The van der Waals surface area contributed by atoms with Crippen molar-refractivity contribution in [1.29, 1.82) is 0 Å². The summed E-state index contributed by atoms with van der Waals surface area (Å²) < 4.78 is 0. The molecule has 0 aliphatic heterocycles. The number of unbranched alkanes of at least 4 members (excludes halogenated alkanes) is 9. The number of carbonyl (C=O) groups excluding carboxylic acids is 1. The van der Waals surface area contributed by atoms with Crippen molar-refractivity contribution in [1.82, 2.24) is 0 Å². The quantitative estimate of drug-likeness (QED) is 0.414. The largest absolute Gasteiger partial charge is 0.300 e. The molecule has 0 amide bonds. The highest BCUT2D eigenvalue weighted by molar-refractivity contribution is 5.77. The molecule has 0 radical (unpaired) electrons. The van der Waals surface area contributed by atoms with Crippen molar-refractivity contribution in [2.45, 2.75) is 90.9 Å². The molecule has 0 heterocycles. The van der Waals surface area contributed by atoms with Crippen molar-refractivity contribution in [2.75, 3.05) is 0 Å². The molecule has 1 heteroatoms. The minimum Gasteiger partial charge on any atom is -0.300 e. The maximum absolute atomic E-state index is 11.0. The van der Waals surface area contributed by atoms with Gasteiger partial charge in [-0.15, -0.1) is 0 Å². The molecule has 1 nitrogen and oxygen atoms in total. The van der Waals surface area contributed by atoms with Gasteiger partial charge in [-0.25, -0.2) is 0 Å². The van der Waals surface area contributed by atoms with E-state index >= 15 is 0 Å². The lowest BCUT2D eigenvalue weighted by Crippen LogP contribution is -1.94. The first-order chi connectivity index (χ1) is 7.81. The Labute approximate surface area is 102 Å². The Morgan fingerprint density at radius 3 is 1.56 bits per heavy atom. The van der Waals surface area contributed by atoms with E-state index in [2.05, 4.69) is 6.92 Å². The second-order valence-electron chi connectivity index (χ2n) is 4.82. The van der Waals surface area contributed by atoms with Crippen molar-refractivity contribution >= 4 is 5.78 Å². The predicted molar refractivity (Wildman–Crippen MR) is 71.8 cm³/mol. The number of ketones is 1. The fourth-order valence-corrected chi connectivity index (χ4v) is 1.99. The Hall–Kier alpha value is -0.330. The predicted octanol–water partition coefficient (Wildman–Crippen LogP) is 5.28. The van der Waals surface area contributed by atoms with Crippen LogP contribution >= 0.6 is 0 Å². The normalized spacial score (nSPS) is 10.6. The van der Waals surface area contributed by atoms with Crippen LogP contribution in [0.15, 0.2) is 0 Å². The van der Waals surface area contributed by atoms with E-state index in [1.54, 1.807) is 0 Å². The summed E-state index contributed by atoms with van der Waals surface area (Å²) in [7, 11) is 0. The van der Waals surface area contributed by atoms with Gasteiger partial charge in [-0.05, 0) is 6.42 Å². The average Bonchev–Trinajstić information content (AvgIpc) is 2.31. The highest BCUT2D eigenvalue weighted by Gasteiger charge is 1.97.